The third kappa shape index (κ3) is 14.9. The Hall–Kier alpha value is -4.03. The molecule has 0 unspecified atom stereocenters. The molecule has 0 bridgehead atoms. The molecule has 11 nitrogen and oxygen atoms in total. The molecule has 1 heterocycles. The van der Waals surface area contributed by atoms with E-state index in [2.05, 4.69) is 26.1 Å². The van der Waals surface area contributed by atoms with Crippen LogP contribution in [0.3, 0.4) is 0 Å². The quantitative estimate of drug-likeness (QED) is 0.0480. The van der Waals surface area contributed by atoms with E-state index in [1.165, 1.54) is 41.3 Å². The van der Waals surface area contributed by atoms with Crippen molar-refractivity contribution in [3.05, 3.63) is 99.3 Å². The Morgan fingerprint density at radius 2 is 1.54 bits per heavy atom. The van der Waals surface area contributed by atoms with Gasteiger partial charge in [-0.1, -0.05) is 61.3 Å². The number of unbranched alkanes of at least 4 members (excludes halogenated alkanes) is 3. The summed E-state index contributed by atoms with van der Waals surface area (Å²) in [5.41, 5.74) is 1.89. The number of methoxy groups -OCH3 is 1. The molecule has 0 saturated carbocycles. The number of carbonyl (C=O) groups excluding carboxylic acids is 3. The second kappa shape index (κ2) is 22.0. The molecular weight excluding hydrogens is 866 g/mol. The van der Waals surface area contributed by atoms with Gasteiger partial charge in [0.05, 0.1) is 56.6 Å². The first-order valence-electron chi connectivity index (χ1n) is 17.6. The lowest BCUT2D eigenvalue weighted by molar-refractivity contribution is -0.870. The zero-order chi connectivity index (χ0) is 44.9. The average Bonchev–Trinajstić information content (AvgIpc) is 3.57. The third-order valence-corrected chi connectivity index (χ3v) is 12.2. The van der Waals surface area contributed by atoms with Gasteiger partial charge in [-0.05, 0) is 73.4 Å². The fourth-order valence-electron chi connectivity index (χ4n) is 5.49. The van der Waals surface area contributed by atoms with Crippen molar-refractivity contribution >= 4 is 57.1 Å². The van der Waals surface area contributed by atoms with Gasteiger partial charge in [0, 0.05) is 41.0 Å². The number of rotatable bonds is 16. The van der Waals surface area contributed by atoms with Gasteiger partial charge < -0.3 is 19.1 Å². The van der Waals surface area contributed by atoms with E-state index < -0.39 is 33.4 Å². The summed E-state index contributed by atoms with van der Waals surface area (Å²) in [6, 6.07) is 13.9. The summed E-state index contributed by atoms with van der Waals surface area (Å²) in [6.45, 7) is 5.45. The van der Waals surface area contributed by atoms with Crippen molar-refractivity contribution in [3.8, 4) is 11.4 Å². The predicted octanol–water partition coefficient (Wildman–Crippen LogP) is 7.69. The highest BCUT2D eigenvalue weighted by Gasteiger charge is 2.31. The molecular formula is C39H45Cl2F5N4O7S2. The topological polar surface area (TPSA) is 139 Å². The minimum absolute atomic E-state index is 0.00785. The minimum Gasteiger partial charge on any atom is -0.542 e. The van der Waals surface area contributed by atoms with E-state index in [4.69, 9.17) is 47.4 Å². The van der Waals surface area contributed by atoms with Crippen LogP contribution >= 0.6 is 35.0 Å². The largest absolute Gasteiger partial charge is 0.542 e. The Kier molecular flexibility index (Phi) is 19.1. The molecule has 20 heteroatoms. The number of carboxylic acid groups (broad SMARTS) is 1. The van der Waals surface area contributed by atoms with Crippen molar-refractivity contribution in [2.45, 2.75) is 66.9 Å². The maximum atomic E-state index is 15.6. The number of aromatic nitrogens is 2. The molecule has 0 atom stereocenters. The first-order valence-corrected chi connectivity index (χ1v) is 20.8. The van der Waals surface area contributed by atoms with Crippen LogP contribution in [0.4, 0.5) is 22.0 Å². The molecule has 0 fully saturated rings. The minimum atomic E-state index is -5.19. The van der Waals surface area contributed by atoms with Crippen LogP contribution in [0.25, 0.3) is 5.69 Å². The van der Waals surface area contributed by atoms with E-state index in [1.54, 1.807) is 31.5 Å². The Labute approximate surface area is 354 Å². The SMILES string of the molecule is COc1cc(C(C)(C)c2cnc(SCc3c(F)cc(S(=O)(=O)N(C)CCCCCC[N+](C)(C)C)cc3Cl)n2-c2ccc(F)cc2)ccc1Cl.O=C([O-])C(F)(F)F.O=C=O. The van der Waals surface area contributed by atoms with Gasteiger partial charge in [0.25, 0.3) is 0 Å². The predicted molar refractivity (Wildman–Crippen MR) is 212 cm³/mol. The molecule has 0 aliphatic heterocycles. The van der Waals surface area contributed by atoms with E-state index in [-0.39, 0.29) is 33.2 Å². The van der Waals surface area contributed by atoms with Crippen LogP contribution in [0.2, 0.25) is 10.0 Å². The van der Waals surface area contributed by atoms with E-state index in [1.807, 2.05) is 30.5 Å². The monoisotopic (exact) mass is 910 g/mol. The van der Waals surface area contributed by atoms with Crippen molar-refractivity contribution in [2.24, 2.45) is 0 Å². The lowest BCUT2D eigenvalue weighted by Gasteiger charge is -2.28. The van der Waals surface area contributed by atoms with Crippen LogP contribution in [0, 0.1) is 11.6 Å². The summed E-state index contributed by atoms with van der Waals surface area (Å²) in [5.74, 6) is -3.51. The van der Waals surface area contributed by atoms with Crippen LogP contribution in [-0.4, -0.2) is 93.4 Å². The fourth-order valence-corrected chi connectivity index (χ4v) is 8.38. The van der Waals surface area contributed by atoms with Crippen molar-refractivity contribution < 1.29 is 59.1 Å². The number of sulfonamides is 1. The number of thioether (sulfide) groups is 1. The van der Waals surface area contributed by atoms with Crippen LogP contribution in [-0.2, 0) is 35.6 Å². The van der Waals surface area contributed by atoms with Gasteiger partial charge in [-0.2, -0.15) is 22.8 Å². The van der Waals surface area contributed by atoms with Gasteiger partial charge in [-0.25, -0.2) is 26.5 Å². The number of carboxylic acids is 1. The van der Waals surface area contributed by atoms with Crippen molar-refractivity contribution in [2.75, 3.05) is 48.4 Å². The molecule has 3 aromatic carbocycles. The molecule has 59 heavy (non-hydrogen) atoms. The Morgan fingerprint density at radius 3 is 2.07 bits per heavy atom. The fraction of sp³-hybridized carbons (Fsp3) is 0.410. The number of quaternary nitrogens is 1. The van der Waals surface area contributed by atoms with Crippen LogP contribution in [0.1, 0.15) is 56.4 Å². The summed E-state index contributed by atoms with van der Waals surface area (Å²) < 4.78 is 97.2. The first kappa shape index (κ1) is 51.1. The molecule has 324 valence electrons. The average molecular weight is 912 g/mol. The highest BCUT2D eigenvalue weighted by Crippen LogP contribution is 2.40. The van der Waals surface area contributed by atoms with E-state index >= 15 is 4.39 Å². The smallest absolute Gasteiger partial charge is 0.430 e. The second-order valence-electron chi connectivity index (χ2n) is 14.5. The zero-order valence-corrected chi connectivity index (χ0v) is 36.5. The molecule has 0 aliphatic rings. The van der Waals surface area contributed by atoms with Crippen molar-refractivity contribution in [1.82, 2.24) is 13.9 Å². The summed E-state index contributed by atoms with van der Waals surface area (Å²) in [6.07, 6.45) is 0.500. The van der Waals surface area contributed by atoms with Crippen molar-refractivity contribution in [3.63, 3.8) is 0 Å². The third-order valence-electron chi connectivity index (χ3n) is 8.78. The van der Waals surface area contributed by atoms with E-state index in [0.29, 0.717) is 34.6 Å². The number of hydrogen-bond acceptors (Lipinski definition) is 9. The highest BCUT2D eigenvalue weighted by atomic mass is 35.5. The number of imidazole rings is 1. The Balaban J connectivity index is 0.00000107. The molecule has 0 aliphatic carbocycles. The summed E-state index contributed by atoms with van der Waals surface area (Å²) >= 11 is 14.1. The van der Waals surface area contributed by atoms with Crippen molar-refractivity contribution in [1.29, 1.82) is 0 Å². The molecule has 0 N–H and O–H groups in total. The van der Waals surface area contributed by atoms with E-state index in [0.717, 1.165) is 47.6 Å². The number of benzene rings is 3. The summed E-state index contributed by atoms with van der Waals surface area (Å²) in [5, 5.41) is 9.79. The highest BCUT2D eigenvalue weighted by molar-refractivity contribution is 7.98. The molecule has 4 aromatic rings. The van der Waals surface area contributed by atoms with Gasteiger partial charge >= 0.3 is 12.3 Å². The number of alkyl halides is 3. The zero-order valence-electron chi connectivity index (χ0n) is 33.3. The maximum Gasteiger partial charge on any atom is 0.430 e. The number of aliphatic carboxylic acids is 1. The number of carbonyl (C=O) groups is 1. The summed E-state index contributed by atoms with van der Waals surface area (Å²) in [7, 11) is 5.56. The first-order chi connectivity index (χ1) is 27.3. The van der Waals surface area contributed by atoms with E-state index in [9.17, 15) is 26.0 Å². The number of halogens is 7. The molecule has 0 radical (unpaired) electrons. The molecule has 0 saturated heterocycles. The number of ether oxygens (including phenoxy) is 1. The number of hydrogen-bond donors (Lipinski definition) is 0. The van der Waals surface area contributed by atoms with Gasteiger partial charge in [-0.3, -0.25) is 4.57 Å². The summed E-state index contributed by atoms with van der Waals surface area (Å²) in [4.78, 5) is 29.5. The Bertz CT molecular complexity index is 2150. The standard InChI is InChI=1S/C36H45Cl2F2N4O3S2.C2HF3O2.CO2/c1-36(2,25-12-17-30(37)33(20-25)47-7)34-23-41-35(43(34)27-15-13-26(39)14-16-27)48-24-29-31(38)21-28(22-32(29)40)49(45,46)42(3)18-10-8-9-11-19-44(4,5)6;3-2(4,5)1(6)7;2-1-3/h12-17,20-23H,8-11,18-19,24H2,1-7H3;(H,6,7);/q+1;;/p-1. The molecule has 1 aromatic heterocycles. The molecule has 0 amide bonds. The normalized spacial score (nSPS) is 11.9. The lowest BCUT2D eigenvalue weighted by Crippen LogP contribution is -2.37. The molecule has 0 spiro atoms. The lowest BCUT2D eigenvalue weighted by atomic mass is 9.81. The van der Waals surface area contributed by atoms with Crippen LogP contribution in [0.5, 0.6) is 5.75 Å². The van der Waals surface area contributed by atoms with Gasteiger partial charge in [0.2, 0.25) is 10.0 Å². The van der Waals surface area contributed by atoms with Crippen LogP contribution < -0.4 is 9.84 Å². The second-order valence-corrected chi connectivity index (χ2v) is 18.3. The Morgan fingerprint density at radius 1 is 0.966 bits per heavy atom. The number of nitrogens with zero attached hydrogens (tertiary/aromatic N) is 4. The maximum absolute atomic E-state index is 15.6. The van der Waals surface area contributed by atoms with Gasteiger partial charge in [0.15, 0.2) is 5.16 Å². The van der Waals surface area contributed by atoms with Gasteiger partial charge in [0.1, 0.15) is 23.4 Å². The van der Waals surface area contributed by atoms with Crippen LogP contribution in [0.15, 0.2) is 70.8 Å². The molecule has 4 rings (SSSR count). The van der Waals surface area contributed by atoms with Gasteiger partial charge in [-0.15, -0.1) is 0 Å².